The molecule has 0 aliphatic carbocycles. The Kier molecular flexibility index (Phi) is 4.04. The Morgan fingerprint density at radius 3 is 2.68 bits per heavy atom. The molecule has 0 saturated carbocycles. The zero-order valence-corrected chi connectivity index (χ0v) is 12.5. The van der Waals surface area contributed by atoms with Gasteiger partial charge in [0.25, 0.3) is 0 Å². The van der Waals surface area contributed by atoms with Crippen LogP contribution in [0.15, 0.2) is 23.6 Å². The number of nitrogens with zero attached hydrogens (tertiary/aromatic N) is 2. The van der Waals surface area contributed by atoms with Crippen molar-refractivity contribution in [2.75, 3.05) is 12.4 Å². The highest BCUT2D eigenvalue weighted by molar-refractivity contribution is 7.03. The molecule has 0 saturated heterocycles. The highest BCUT2D eigenvalue weighted by atomic mass is 32.1. The summed E-state index contributed by atoms with van der Waals surface area (Å²) in [7, 11) is 1.68. The van der Waals surface area contributed by atoms with Crippen molar-refractivity contribution >= 4 is 17.2 Å². The van der Waals surface area contributed by atoms with Crippen LogP contribution in [0.2, 0.25) is 0 Å². The van der Waals surface area contributed by atoms with E-state index >= 15 is 0 Å². The van der Waals surface area contributed by atoms with Crippen LogP contribution in [0.3, 0.4) is 0 Å². The summed E-state index contributed by atoms with van der Waals surface area (Å²) in [5.74, 6) is 0.844. The minimum atomic E-state index is 0.116. The second-order valence-corrected chi connectivity index (χ2v) is 6.02. The molecular formula is C14H19N3OS. The minimum absolute atomic E-state index is 0.116. The second kappa shape index (κ2) is 5.57. The van der Waals surface area contributed by atoms with Crippen molar-refractivity contribution < 1.29 is 4.74 Å². The third-order valence-corrected chi connectivity index (χ3v) is 3.48. The van der Waals surface area contributed by atoms with E-state index in [1.165, 1.54) is 17.1 Å². The number of methoxy groups -OCH3 is 1. The lowest BCUT2D eigenvalue weighted by Gasteiger charge is -2.21. The fourth-order valence-electron chi connectivity index (χ4n) is 1.76. The van der Waals surface area contributed by atoms with Gasteiger partial charge in [0, 0.05) is 5.38 Å². The quantitative estimate of drug-likeness (QED) is 0.929. The van der Waals surface area contributed by atoms with Crippen LogP contribution in [0.1, 0.15) is 32.0 Å². The molecule has 1 aromatic carbocycles. The van der Waals surface area contributed by atoms with Crippen molar-refractivity contribution in [3.05, 3.63) is 34.8 Å². The normalized spacial score (nSPS) is 11.4. The molecule has 5 heteroatoms. The van der Waals surface area contributed by atoms with Gasteiger partial charge in [-0.25, -0.2) is 0 Å². The van der Waals surface area contributed by atoms with E-state index in [2.05, 4.69) is 47.8 Å². The highest BCUT2D eigenvalue weighted by Gasteiger charge is 2.15. The first-order valence-corrected chi connectivity index (χ1v) is 7.02. The van der Waals surface area contributed by atoms with Crippen LogP contribution in [0.4, 0.5) is 5.69 Å². The van der Waals surface area contributed by atoms with Gasteiger partial charge < -0.3 is 10.1 Å². The molecule has 0 aliphatic heterocycles. The standard InChI is InChI=1S/C14H19N3OS/c1-14(2,3)10-5-6-13(18-4)12(7-10)15-8-11-9-19-17-16-11/h5-7,9,15H,8H2,1-4H3. The maximum absolute atomic E-state index is 5.39. The zero-order valence-electron chi connectivity index (χ0n) is 11.7. The zero-order chi connectivity index (χ0) is 13.9. The van der Waals surface area contributed by atoms with Crippen molar-refractivity contribution in [1.82, 2.24) is 9.59 Å². The van der Waals surface area contributed by atoms with E-state index in [9.17, 15) is 0 Å². The summed E-state index contributed by atoms with van der Waals surface area (Å²) in [6, 6.07) is 6.25. The van der Waals surface area contributed by atoms with Gasteiger partial charge in [-0.15, -0.1) is 5.10 Å². The molecule has 0 spiro atoms. The maximum atomic E-state index is 5.39. The van der Waals surface area contributed by atoms with Gasteiger partial charge in [0.05, 0.1) is 25.0 Å². The molecule has 0 fully saturated rings. The molecule has 1 N–H and O–H groups in total. The van der Waals surface area contributed by atoms with Crippen LogP contribution in [0.25, 0.3) is 0 Å². The van der Waals surface area contributed by atoms with Crippen LogP contribution in [-0.2, 0) is 12.0 Å². The van der Waals surface area contributed by atoms with Crippen molar-refractivity contribution in [2.45, 2.75) is 32.7 Å². The summed E-state index contributed by atoms with van der Waals surface area (Å²) in [6.07, 6.45) is 0. The molecule has 0 radical (unpaired) electrons. The Labute approximate surface area is 118 Å². The molecule has 102 valence electrons. The Balaban J connectivity index is 2.21. The second-order valence-electron chi connectivity index (χ2n) is 5.41. The number of hydrogen-bond donors (Lipinski definition) is 1. The van der Waals surface area contributed by atoms with Crippen molar-refractivity contribution in [2.24, 2.45) is 0 Å². The Morgan fingerprint density at radius 2 is 2.11 bits per heavy atom. The number of benzene rings is 1. The number of aromatic nitrogens is 2. The topological polar surface area (TPSA) is 47.0 Å². The molecule has 1 heterocycles. The van der Waals surface area contributed by atoms with E-state index in [-0.39, 0.29) is 5.41 Å². The molecule has 19 heavy (non-hydrogen) atoms. The number of hydrogen-bond acceptors (Lipinski definition) is 5. The van der Waals surface area contributed by atoms with Gasteiger partial charge in [-0.05, 0) is 34.6 Å². The summed E-state index contributed by atoms with van der Waals surface area (Å²) in [5, 5.41) is 9.32. The minimum Gasteiger partial charge on any atom is -0.495 e. The fraction of sp³-hybridized carbons (Fsp3) is 0.429. The SMILES string of the molecule is COc1ccc(C(C)(C)C)cc1NCc1csnn1. The van der Waals surface area contributed by atoms with Gasteiger partial charge in [-0.2, -0.15) is 0 Å². The molecule has 0 unspecified atom stereocenters. The van der Waals surface area contributed by atoms with Crippen LogP contribution in [-0.4, -0.2) is 16.7 Å². The van der Waals surface area contributed by atoms with E-state index in [0.29, 0.717) is 6.54 Å². The fourth-order valence-corrected chi connectivity index (χ4v) is 2.21. The van der Waals surface area contributed by atoms with Gasteiger partial charge in [-0.1, -0.05) is 31.3 Å². The molecule has 1 aromatic heterocycles. The van der Waals surface area contributed by atoms with Crippen LogP contribution < -0.4 is 10.1 Å². The predicted octanol–water partition coefficient (Wildman–Crippen LogP) is 3.46. The van der Waals surface area contributed by atoms with E-state index in [4.69, 9.17) is 4.74 Å². The Bertz CT molecular complexity index is 532. The van der Waals surface area contributed by atoms with Gasteiger partial charge in [0.1, 0.15) is 5.75 Å². The molecule has 0 aliphatic rings. The van der Waals surface area contributed by atoms with Gasteiger partial charge in [0.2, 0.25) is 0 Å². The monoisotopic (exact) mass is 277 g/mol. The Hall–Kier alpha value is -1.62. The number of nitrogens with one attached hydrogen (secondary N) is 1. The van der Waals surface area contributed by atoms with Gasteiger partial charge in [-0.3, -0.25) is 0 Å². The van der Waals surface area contributed by atoms with Crippen LogP contribution >= 0.6 is 11.5 Å². The van der Waals surface area contributed by atoms with Gasteiger partial charge in [0.15, 0.2) is 0 Å². The average Bonchev–Trinajstić information content (AvgIpc) is 2.88. The first kappa shape index (κ1) is 13.8. The first-order chi connectivity index (χ1) is 9.00. The Morgan fingerprint density at radius 1 is 1.32 bits per heavy atom. The molecule has 2 rings (SSSR count). The highest BCUT2D eigenvalue weighted by Crippen LogP contribution is 2.31. The molecule has 2 aromatic rings. The number of ether oxygens (including phenoxy) is 1. The largest absolute Gasteiger partial charge is 0.495 e. The molecule has 0 atom stereocenters. The van der Waals surface area contributed by atoms with E-state index < -0.39 is 0 Å². The van der Waals surface area contributed by atoms with Crippen molar-refractivity contribution in [3.63, 3.8) is 0 Å². The predicted molar refractivity (Wildman–Crippen MR) is 78.9 cm³/mol. The summed E-state index contributed by atoms with van der Waals surface area (Å²) in [4.78, 5) is 0. The summed E-state index contributed by atoms with van der Waals surface area (Å²) in [5.41, 5.74) is 3.31. The van der Waals surface area contributed by atoms with E-state index in [0.717, 1.165) is 17.1 Å². The average molecular weight is 277 g/mol. The molecular weight excluding hydrogens is 258 g/mol. The third kappa shape index (κ3) is 3.44. The van der Waals surface area contributed by atoms with Crippen LogP contribution in [0, 0.1) is 0 Å². The van der Waals surface area contributed by atoms with E-state index in [1.807, 2.05) is 11.4 Å². The summed E-state index contributed by atoms with van der Waals surface area (Å²) >= 11 is 1.36. The lowest BCUT2D eigenvalue weighted by molar-refractivity contribution is 0.416. The summed E-state index contributed by atoms with van der Waals surface area (Å²) in [6.45, 7) is 7.25. The maximum Gasteiger partial charge on any atom is 0.141 e. The summed E-state index contributed by atoms with van der Waals surface area (Å²) < 4.78 is 9.24. The first-order valence-electron chi connectivity index (χ1n) is 6.19. The lowest BCUT2D eigenvalue weighted by Crippen LogP contribution is -2.12. The third-order valence-electron chi connectivity index (χ3n) is 2.93. The van der Waals surface area contributed by atoms with Crippen molar-refractivity contribution in [1.29, 1.82) is 0 Å². The molecule has 0 bridgehead atoms. The molecule has 0 amide bonds. The smallest absolute Gasteiger partial charge is 0.141 e. The lowest BCUT2D eigenvalue weighted by atomic mass is 9.87. The van der Waals surface area contributed by atoms with Crippen LogP contribution in [0.5, 0.6) is 5.75 Å². The van der Waals surface area contributed by atoms with E-state index in [1.54, 1.807) is 7.11 Å². The van der Waals surface area contributed by atoms with Gasteiger partial charge >= 0.3 is 0 Å². The molecule has 4 nitrogen and oxygen atoms in total. The van der Waals surface area contributed by atoms with Crippen molar-refractivity contribution in [3.8, 4) is 5.75 Å². The number of rotatable bonds is 4. The number of anilines is 1.